The molecule has 0 aliphatic rings. The predicted octanol–water partition coefficient (Wildman–Crippen LogP) is 2.10. The van der Waals surface area contributed by atoms with Crippen molar-refractivity contribution in [1.29, 1.82) is 0 Å². The Morgan fingerprint density at radius 1 is 1.10 bits per heavy atom. The summed E-state index contributed by atoms with van der Waals surface area (Å²) in [6.07, 6.45) is 0. The van der Waals surface area contributed by atoms with Crippen LogP contribution in [-0.2, 0) is 19.7 Å². The first-order chi connectivity index (χ1) is 14.9. The van der Waals surface area contributed by atoms with Gasteiger partial charge in [-0.1, -0.05) is 48.0 Å². The summed E-state index contributed by atoms with van der Waals surface area (Å²) in [5, 5.41) is 12.5. The van der Waals surface area contributed by atoms with E-state index in [0.29, 0.717) is 16.3 Å². The second-order valence-corrected chi connectivity index (χ2v) is 7.32. The lowest BCUT2D eigenvalue weighted by Gasteiger charge is -2.16. The number of benzene rings is 2. The zero-order valence-corrected chi connectivity index (χ0v) is 17.7. The van der Waals surface area contributed by atoms with Crippen LogP contribution in [0.4, 0.5) is 11.5 Å². The van der Waals surface area contributed by atoms with Gasteiger partial charge in [0.15, 0.2) is 5.78 Å². The summed E-state index contributed by atoms with van der Waals surface area (Å²) < 4.78 is 2.22. The molecular weight excluding hydrogens is 420 g/mol. The highest BCUT2D eigenvalue weighted by atomic mass is 35.5. The lowest BCUT2D eigenvalue weighted by atomic mass is 10.1. The number of carbonyl (C=O) groups excluding carboxylic acids is 1. The minimum absolute atomic E-state index is 0.102. The van der Waals surface area contributed by atoms with Gasteiger partial charge in [-0.15, -0.1) is 0 Å². The maximum atomic E-state index is 12.9. The van der Waals surface area contributed by atoms with Gasteiger partial charge in [-0.2, -0.15) is 0 Å². The van der Waals surface area contributed by atoms with Crippen LogP contribution in [0.15, 0.2) is 58.1 Å². The number of aliphatic hydroxyl groups excluding tert-OH is 1. The summed E-state index contributed by atoms with van der Waals surface area (Å²) in [6.45, 7) is 1.44. The molecule has 0 unspecified atom stereocenters. The first kappa shape index (κ1) is 22.3. The molecule has 0 saturated carbocycles. The van der Waals surface area contributed by atoms with Crippen molar-refractivity contribution in [3.8, 4) is 0 Å². The van der Waals surface area contributed by atoms with Crippen LogP contribution in [0.1, 0.15) is 28.4 Å². The first-order valence-electron chi connectivity index (χ1n) is 9.70. The first-order valence-corrected chi connectivity index (χ1v) is 10.1. The Hall–Kier alpha value is -3.36. The highest BCUT2D eigenvalue weighted by Crippen LogP contribution is 2.23. The van der Waals surface area contributed by atoms with E-state index in [2.05, 4.69) is 5.32 Å². The Labute approximate surface area is 183 Å². The van der Waals surface area contributed by atoms with Crippen molar-refractivity contribution in [3.63, 3.8) is 0 Å². The monoisotopic (exact) mass is 442 g/mol. The van der Waals surface area contributed by atoms with Crippen molar-refractivity contribution in [1.82, 2.24) is 9.13 Å². The van der Waals surface area contributed by atoms with Gasteiger partial charge in [0.1, 0.15) is 11.4 Å². The number of hydrogen-bond acceptors (Lipinski definition) is 6. The normalized spacial score (nSPS) is 10.8. The van der Waals surface area contributed by atoms with Crippen LogP contribution >= 0.6 is 11.6 Å². The molecule has 2 aromatic carbocycles. The number of nitrogens with one attached hydrogen (secondary N) is 1. The van der Waals surface area contributed by atoms with Crippen molar-refractivity contribution in [2.45, 2.75) is 26.6 Å². The van der Waals surface area contributed by atoms with E-state index >= 15 is 0 Å². The summed E-state index contributed by atoms with van der Waals surface area (Å²) in [7, 11) is 0. The topological polar surface area (TPSA) is 119 Å². The van der Waals surface area contributed by atoms with E-state index < -0.39 is 17.0 Å². The second-order valence-electron chi connectivity index (χ2n) is 6.91. The third kappa shape index (κ3) is 4.70. The standard InChI is InChI=1S/C22H23ClN4O4/c1-2-26-21(30)19(18(29)11-25-17-10-15(13-28)8-9-16(17)23)20(24)27(22(26)31)12-14-6-4-3-5-7-14/h3-10,25,28H,2,11-13,24H2,1H3. The lowest BCUT2D eigenvalue weighted by molar-refractivity contribution is 0.100. The molecule has 0 amide bonds. The number of carbonyl (C=O) groups is 1. The largest absolute Gasteiger partial charge is 0.392 e. The highest BCUT2D eigenvalue weighted by Gasteiger charge is 2.22. The Bertz CT molecular complexity index is 1220. The molecule has 4 N–H and O–H groups in total. The number of rotatable bonds is 8. The number of aromatic nitrogens is 2. The van der Waals surface area contributed by atoms with E-state index in [1.807, 2.05) is 30.3 Å². The summed E-state index contributed by atoms with van der Waals surface area (Å²) in [5.41, 5.74) is 6.46. The van der Waals surface area contributed by atoms with Gasteiger partial charge in [-0.25, -0.2) is 4.79 Å². The minimum atomic E-state index is -0.726. The quantitative estimate of drug-likeness (QED) is 0.459. The summed E-state index contributed by atoms with van der Waals surface area (Å²) in [4.78, 5) is 38.6. The van der Waals surface area contributed by atoms with Crippen LogP contribution in [0.3, 0.4) is 0 Å². The number of nitrogens with zero attached hydrogens (tertiary/aromatic N) is 2. The van der Waals surface area contributed by atoms with E-state index in [-0.39, 0.29) is 37.6 Å². The van der Waals surface area contributed by atoms with Crippen molar-refractivity contribution in [3.05, 3.63) is 91.1 Å². The van der Waals surface area contributed by atoms with E-state index in [4.69, 9.17) is 17.3 Å². The molecule has 3 aromatic rings. The number of nitrogen functional groups attached to an aromatic ring is 1. The lowest BCUT2D eigenvalue weighted by Crippen LogP contribution is -2.44. The SMILES string of the molecule is CCn1c(=O)c(C(=O)CNc2cc(CO)ccc2Cl)c(N)n(Cc2ccccc2)c1=O. The molecule has 8 nitrogen and oxygen atoms in total. The molecule has 0 saturated heterocycles. The number of hydrogen-bond donors (Lipinski definition) is 3. The van der Waals surface area contributed by atoms with Crippen LogP contribution in [0.25, 0.3) is 0 Å². The van der Waals surface area contributed by atoms with E-state index in [9.17, 15) is 19.5 Å². The Morgan fingerprint density at radius 2 is 1.81 bits per heavy atom. The molecule has 1 heterocycles. The second kappa shape index (κ2) is 9.63. The maximum absolute atomic E-state index is 12.9. The molecule has 0 aliphatic heterocycles. The average molecular weight is 443 g/mol. The zero-order chi connectivity index (χ0) is 22.5. The Balaban J connectivity index is 1.98. The van der Waals surface area contributed by atoms with Gasteiger partial charge in [-0.05, 0) is 30.2 Å². The summed E-state index contributed by atoms with van der Waals surface area (Å²) in [6, 6.07) is 14.0. The molecule has 0 fully saturated rings. The smallest absolute Gasteiger partial charge is 0.332 e. The van der Waals surface area contributed by atoms with Gasteiger partial charge >= 0.3 is 5.69 Å². The maximum Gasteiger partial charge on any atom is 0.332 e. The molecule has 1 aromatic heterocycles. The van der Waals surface area contributed by atoms with E-state index in [0.717, 1.165) is 10.1 Å². The molecule has 9 heteroatoms. The van der Waals surface area contributed by atoms with Crippen LogP contribution in [-0.4, -0.2) is 26.6 Å². The van der Waals surface area contributed by atoms with Crippen molar-refractivity contribution in [2.75, 3.05) is 17.6 Å². The molecule has 0 atom stereocenters. The molecular formula is C22H23ClN4O4. The molecule has 3 rings (SSSR count). The number of aliphatic hydroxyl groups is 1. The van der Waals surface area contributed by atoms with Crippen molar-refractivity contribution in [2.24, 2.45) is 0 Å². The molecule has 0 aliphatic carbocycles. The number of anilines is 2. The van der Waals surface area contributed by atoms with Gasteiger partial charge in [0.25, 0.3) is 5.56 Å². The predicted molar refractivity (Wildman–Crippen MR) is 121 cm³/mol. The van der Waals surface area contributed by atoms with Crippen LogP contribution in [0.5, 0.6) is 0 Å². The zero-order valence-electron chi connectivity index (χ0n) is 17.0. The highest BCUT2D eigenvalue weighted by molar-refractivity contribution is 6.33. The molecule has 162 valence electrons. The van der Waals surface area contributed by atoms with Gasteiger partial charge in [-0.3, -0.25) is 18.7 Å². The Kier molecular flexibility index (Phi) is 6.94. The number of Topliss-reactive ketones (excluding diaryl/α,β-unsaturated/α-hetero) is 1. The third-order valence-corrected chi connectivity index (χ3v) is 5.23. The van der Waals surface area contributed by atoms with Crippen LogP contribution in [0.2, 0.25) is 5.02 Å². The molecule has 0 spiro atoms. The number of halogens is 1. The summed E-state index contributed by atoms with van der Waals surface area (Å²) >= 11 is 6.14. The van der Waals surface area contributed by atoms with Gasteiger partial charge in [0.05, 0.1) is 30.4 Å². The fourth-order valence-electron chi connectivity index (χ4n) is 3.25. The van der Waals surface area contributed by atoms with E-state index in [1.165, 1.54) is 4.57 Å². The van der Waals surface area contributed by atoms with Gasteiger partial charge < -0.3 is 16.2 Å². The Morgan fingerprint density at radius 3 is 2.45 bits per heavy atom. The fourth-order valence-corrected chi connectivity index (χ4v) is 3.43. The van der Waals surface area contributed by atoms with Crippen molar-refractivity contribution < 1.29 is 9.90 Å². The summed E-state index contributed by atoms with van der Waals surface area (Å²) in [5.74, 6) is -0.748. The van der Waals surface area contributed by atoms with Gasteiger partial charge in [0.2, 0.25) is 0 Å². The average Bonchev–Trinajstić information content (AvgIpc) is 2.77. The molecule has 0 bridgehead atoms. The van der Waals surface area contributed by atoms with E-state index in [1.54, 1.807) is 25.1 Å². The van der Waals surface area contributed by atoms with Crippen LogP contribution in [0, 0.1) is 0 Å². The van der Waals surface area contributed by atoms with Crippen molar-refractivity contribution >= 4 is 28.9 Å². The molecule has 31 heavy (non-hydrogen) atoms. The third-order valence-electron chi connectivity index (χ3n) is 4.90. The van der Waals surface area contributed by atoms with Crippen LogP contribution < -0.4 is 22.3 Å². The fraction of sp³-hybridized carbons (Fsp3) is 0.227. The van der Waals surface area contributed by atoms with Gasteiger partial charge in [0, 0.05) is 6.54 Å². The number of nitrogens with two attached hydrogens (primary N) is 1. The minimum Gasteiger partial charge on any atom is -0.392 e. The molecule has 0 radical (unpaired) electrons. The number of ketones is 1.